The molecular formula is C31H31FN4O4. The maximum absolute atomic E-state index is 14.3. The molecule has 0 unspecified atom stereocenters. The summed E-state index contributed by atoms with van der Waals surface area (Å²) in [5.41, 5.74) is 3.19. The topological polar surface area (TPSA) is 104 Å². The Labute approximate surface area is 231 Å². The summed E-state index contributed by atoms with van der Waals surface area (Å²) in [7, 11) is 3.28. The number of likely N-dealkylation sites (N-methyl/N-ethyl adjacent to an activating group) is 1. The van der Waals surface area contributed by atoms with Gasteiger partial charge in [-0.25, -0.2) is 4.39 Å². The summed E-state index contributed by atoms with van der Waals surface area (Å²) < 4.78 is 20.0. The van der Waals surface area contributed by atoms with Crippen molar-refractivity contribution in [1.82, 2.24) is 9.88 Å². The Hall–Kier alpha value is -4.66. The van der Waals surface area contributed by atoms with Gasteiger partial charge < -0.3 is 25.3 Å². The lowest BCUT2D eigenvalue weighted by molar-refractivity contribution is -0.131. The lowest BCUT2D eigenvalue weighted by Gasteiger charge is -2.27. The largest absolute Gasteiger partial charge is 0.496 e. The highest BCUT2D eigenvalue weighted by Crippen LogP contribution is 2.34. The maximum Gasteiger partial charge on any atom is 0.256 e. The number of H-pyrrole nitrogens is 1. The molecule has 2 atom stereocenters. The second-order valence-electron chi connectivity index (χ2n) is 10.2. The first kappa shape index (κ1) is 26.9. The van der Waals surface area contributed by atoms with E-state index >= 15 is 0 Å². The van der Waals surface area contributed by atoms with Crippen molar-refractivity contribution in [3.63, 3.8) is 0 Å². The lowest BCUT2D eigenvalue weighted by Crippen LogP contribution is -2.35. The van der Waals surface area contributed by atoms with E-state index in [4.69, 9.17) is 4.74 Å². The monoisotopic (exact) mass is 542 g/mol. The molecule has 4 aromatic rings. The van der Waals surface area contributed by atoms with Gasteiger partial charge in [0.05, 0.1) is 12.5 Å². The van der Waals surface area contributed by atoms with Gasteiger partial charge >= 0.3 is 0 Å². The fraction of sp³-hybridized carbons (Fsp3) is 0.258. The van der Waals surface area contributed by atoms with Gasteiger partial charge in [-0.1, -0.05) is 31.2 Å². The van der Waals surface area contributed by atoms with E-state index in [1.165, 1.54) is 6.07 Å². The summed E-state index contributed by atoms with van der Waals surface area (Å²) in [6.45, 7) is 2.34. The highest BCUT2D eigenvalue weighted by molar-refractivity contribution is 5.91. The smallest absolute Gasteiger partial charge is 0.256 e. The molecule has 3 N–H and O–H groups in total. The van der Waals surface area contributed by atoms with Gasteiger partial charge in [-0.15, -0.1) is 0 Å². The molecule has 2 amide bonds. The van der Waals surface area contributed by atoms with Crippen LogP contribution < -0.4 is 20.9 Å². The minimum absolute atomic E-state index is 0.0286. The van der Waals surface area contributed by atoms with E-state index in [9.17, 15) is 18.8 Å². The fourth-order valence-corrected chi connectivity index (χ4v) is 5.13. The number of benzene rings is 3. The van der Waals surface area contributed by atoms with Crippen LogP contribution >= 0.6 is 0 Å². The van der Waals surface area contributed by atoms with E-state index < -0.39 is 17.4 Å². The van der Waals surface area contributed by atoms with E-state index in [1.807, 2.05) is 49.4 Å². The first-order valence-corrected chi connectivity index (χ1v) is 13.1. The summed E-state index contributed by atoms with van der Waals surface area (Å²) in [4.78, 5) is 43.0. The number of methoxy groups -OCH3 is 1. The Morgan fingerprint density at radius 1 is 1.02 bits per heavy atom. The molecule has 1 aromatic heterocycles. The summed E-state index contributed by atoms with van der Waals surface area (Å²) in [5.74, 6) is -0.190. The summed E-state index contributed by atoms with van der Waals surface area (Å²) >= 11 is 0. The van der Waals surface area contributed by atoms with Gasteiger partial charge in [0.25, 0.3) is 5.56 Å². The van der Waals surface area contributed by atoms with Crippen LogP contribution in [-0.2, 0) is 16.1 Å². The van der Waals surface area contributed by atoms with Crippen LogP contribution in [0.5, 0.6) is 5.75 Å². The van der Waals surface area contributed by atoms with Crippen LogP contribution in [0.4, 0.5) is 15.8 Å². The molecule has 40 heavy (non-hydrogen) atoms. The SMILES string of the molecule is COc1cc2ccc1[C@@H](C)CCC(=O)Nc1cccc(c1)CN(C)C(=O)[C@@H]2Nc1ccc2c(F)c[nH]c(=O)c2c1. The molecule has 0 aliphatic carbocycles. The number of aromatic nitrogens is 1. The van der Waals surface area contributed by atoms with Gasteiger partial charge in [-0.2, -0.15) is 0 Å². The van der Waals surface area contributed by atoms with Crippen molar-refractivity contribution in [3.05, 3.63) is 99.7 Å². The number of hydrogen-bond acceptors (Lipinski definition) is 5. The number of nitrogens with one attached hydrogen (secondary N) is 3. The highest BCUT2D eigenvalue weighted by Gasteiger charge is 2.27. The third kappa shape index (κ3) is 5.54. The number of pyridine rings is 1. The van der Waals surface area contributed by atoms with E-state index in [-0.39, 0.29) is 28.5 Å². The van der Waals surface area contributed by atoms with Gasteiger partial charge in [-0.05, 0) is 65.4 Å². The molecule has 4 bridgehead atoms. The van der Waals surface area contributed by atoms with Crippen molar-refractivity contribution in [1.29, 1.82) is 0 Å². The minimum atomic E-state index is -0.830. The molecule has 3 heterocycles. The van der Waals surface area contributed by atoms with Gasteiger partial charge in [0.15, 0.2) is 0 Å². The van der Waals surface area contributed by atoms with Crippen LogP contribution in [-0.4, -0.2) is 35.9 Å². The summed E-state index contributed by atoms with van der Waals surface area (Å²) in [5, 5.41) is 6.61. The molecule has 8 nitrogen and oxygen atoms in total. The van der Waals surface area contributed by atoms with Crippen LogP contribution in [0.15, 0.2) is 71.7 Å². The van der Waals surface area contributed by atoms with Crippen LogP contribution in [0.1, 0.15) is 48.4 Å². The van der Waals surface area contributed by atoms with Crippen molar-refractivity contribution < 1.29 is 18.7 Å². The second kappa shape index (κ2) is 11.2. The molecule has 0 saturated carbocycles. The number of halogens is 1. The van der Waals surface area contributed by atoms with E-state index in [1.54, 1.807) is 31.2 Å². The first-order chi connectivity index (χ1) is 19.2. The molecule has 0 radical (unpaired) electrons. The molecule has 0 saturated heterocycles. The fourth-order valence-electron chi connectivity index (χ4n) is 5.13. The number of anilines is 2. The average molecular weight is 543 g/mol. The van der Waals surface area contributed by atoms with Crippen molar-refractivity contribution in [2.75, 3.05) is 24.8 Å². The maximum atomic E-state index is 14.3. The zero-order valence-electron chi connectivity index (χ0n) is 22.6. The Kier molecular flexibility index (Phi) is 7.55. The third-order valence-electron chi connectivity index (χ3n) is 7.34. The van der Waals surface area contributed by atoms with Crippen molar-refractivity contribution in [3.8, 4) is 5.75 Å². The number of nitrogens with zero attached hydrogens (tertiary/aromatic N) is 1. The molecule has 206 valence electrons. The number of ether oxygens (including phenoxy) is 1. The number of aromatic amines is 1. The zero-order chi connectivity index (χ0) is 28.4. The van der Waals surface area contributed by atoms with Crippen molar-refractivity contribution in [2.45, 2.75) is 38.3 Å². The quantitative estimate of drug-likeness (QED) is 0.325. The molecule has 9 heteroatoms. The van der Waals surface area contributed by atoms with Crippen LogP contribution in [0.25, 0.3) is 10.8 Å². The number of amides is 2. The van der Waals surface area contributed by atoms with Crippen molar-refractivity contribution in [2.24, 2.45) is 0 Å². The average Bonchev–Trinajstić information content (AvgIpc) is 2.95. The predicted octanol–water partition coefficient (Wildman–Crippen LogP) is 5.32. The Morgan fingerprint density at radius 2 is 1.85 bits per heavy atom. The molecule has 6 rings (SSSR count). The van der Waals surface area contributed by atoms with Crippen LogP contribution in [0.3, 0.4) is 0 Å². The minimum Gasteiger partial charge on any atom is -0.496 e. The Bertz CT molecular complexity index is 1650. The molecule has 2 aliphatic heterocycles. The first-order valence-electron chi connectivity index (χ1n) is 13.1. The van der Waals surface area contributed by atoms with E-state index in [0.717, 1.165) is 17.3 Å². The third-order valence-corrected chi connectivity index (χ3v) is 7.34. The van der Waals surface area contributed by atoms with Gasteiger partial charge in [-0.3, -0.25) is 14.4 Å². The molecule has 2 aliphatic rings. The second-order valence-corrected chi connectivity index (χ2v) is 10.2. The van der Waals surface area contributed by atoms with Gasteiger partial charge in [0, 0.05) is 43.0 Å². The molecule has 3 aromatic carbocycles. The number of carbonyl (C=O) groups is 2. The Morgan fingerprint density at radius 3 is 2.65 bits per heavy atom. The van der Waals surface area contributed by atoms with Crippen LogP contribution in [0.2, 0.25) is 0 Å². The normalized spacial score (nSPS) is 18.1. The molecular weight excluding hydrogens is 511 g/mol. The van der Waals surface area contributed by atoms with E-state index in [0.29, 0.717) is 42.1 Å². The number of hydrogen-bond donors (Lipinski definition) is 3. The highest BCUT2D eigenvalue weighted by atomic mass is 19.1. The standard InChI is InChI=1S/C31H31FN4O4/c1-18-7-12-28(37)34-21-6-4-5-19(13-21)17-36(2)31(39)29(20-8-10-23(18)27(14-20)40-3)35-22-9-11-24-25(15-22)30(38)33-16-26(24)32/h4-6,8-11,13-16,18,29,35H,7,12,17H2,1-3H3,(H,33,38)(H,34,37)/t18-,29+/m0/s1. The number of carbonyl (C=O) groups excluding carboxylic acids is 2. The van der Waals surface area contributed by atoms with Crippen LogP contribution in [0, 0.1) is 5.82 Å². The molecule has 0 fully saturated rings. The predicted molar refractivity (Wildman–Crippen MR) is 153 cm³/mol. The van der Waals surface area contributed by atoms with Crippen molar-refractivity contribution >= 4 is 34.0 Å². The summed E-state index contributed by atoms with van der Waals surface area (Å²) in [6.07, 6.45) is 2.00. The van der Waals surface area contributed by atoms with Gasteiger partial charge in [0.2, 0.25) is 11.8 Å². The summed E-state index contributed by atoms with van der Waals surface area (Å²) in [6, 6.07) is 16.9. The zero-order valence-corrected chi connectivity index (χ0v) is 22.6. The number of fused-ring (bicyclic) bond motifs is 10. The van der Waals surface area contributed by atoms with E-state index in [2.05, 4.69) is 15.6 Å². The van der Waals surface area contributed by atoms with Gasteiger partial charge in [0.1, 0.15) is 17.6 Å². The molecule has 0 spiro atoms. The number of rotatable bonds is 3. The Balaban J connectivity index is 1.58. The lowest BCUT2D eigenvalue weighted by atomic mass is 9.92.